The zero-order valence-corrected chi connectivity index (χ0v) is 10.5. The van der Waals surface area contributed by atoms with Crippen LogP contribution in [0.2, 0.25) is 0 Å². The Labute approximate surface area is 109 Å². The fourth-order valence-electron chi connectivity index (χ4n) is 1.49. The maximum atomic E-state index is 11.9. The molecule has 0 aliphatic carbocycles. The molecule has 7 heteroatoms. The zero-order valence-electron chi connectivity index (χ0n) is 10.5. The molecule has 0 aromatic carbocycles. The molecule has 0 unspecified atom stereocenters. The van der Waals surface area contributed by atoms with Crippen LogP contribution in [0.25, 0.3) is 0 Å². The van der Waals surface area contributed by atoms with Crippen molar-refractivity contribution in [1.29, 1.82) is 5.26 Å². The van der Waals surface area contributed by atoms with E-state index in [9.17, 15) is 4.79 Å². The number of rotatable bonds is 3. The predicted octanol–water partition coefficient (Wildman–Crippen LogP) is 0.871. The van der Waals surface area contributed by atoms with Crippen LogP contribution < -0.4 is 5.32 Å². The van der Waals surface area contributed by atoms with Gasteiger partial charge < -0.3 is 5.32 Å². The Kier molecular flexibility index (Phi) is 3.52. The summed E-state index contributed by atoms with van der Waals surface area (Å²) >= 11 is 0. The van der Waals surface area contributed by atoms with Crippen molar-refractivity contribution >= 4 is 5.91 Å². The largest absolute Gasteiger partial charge is 0.342 e. The van der Waals surface area contributed by atoms with E-state index in [1.54, 1.807) is 19.9 Å². The van der Waals surface area contributed by atoms with Crippen LogP contribution in [0.15, 0.2) is 18.3 Å². The smallest absolute Gasteiger partial charge is 0.253 e. The molecule has 2 aromatic heterocycles. The third-order valence-electron chi connectivity index (χ3n) is 2.49. The third kappa shape index (κ3) is 2.93. The van der Waals surface area contributed by atoms with Gasteiger partial charge in [0.2, 0.25) is 0 Å². The highest BCUT2D eigenvalue weighted by molar-refractivity contribution is 5.94. The van der Waals surface area contributed by atoms with Crippen LogP contribution in [-0.2, 0) is 0 Å². The summed E-state index contributed by atoms with van der Waals surface area (Å²) in [5.41, 5.74) is 0.660. The fraction of sp³-hybridized carbons (Fsp3) is 0.250. The van der Waals surface area contributed by atoms with Gasteiger partial charge in [-0.3, -0.25) is 9.89 Å². The minimum Gasteiger partial charge on any atom is -0.342 e. The first-order chi connectivity index (χ1) is 9.10. The standard InChI is InChI=1S/C12H12N6O/c1-7(11-16-8(2)17-18-11)15-12(19)9-3-4-10(5-13)14-6-9/h3-4,6-7H,1-2H3,(H,15,19)(H,16,17,18)/t7-/m0/s1. The van der Waals surface area contributed by atoms with Gasteiger partial charge in [-0.15, -0.1) is 0 Å². The first-order valence-corrected chi connectivity index (χ1v) is 5.66. The Morgan fingerprint density at radius 2 is 2.32 bits per heavy atom. The molecule has 1 atom stereocenters. The van der Waals surface area contributed by atoms with E-state index in [1.807, 2.05) is 6.07 Å². The average Bonchev–Trinajstić information content (AvgIpc) is 2.85. The van der Waals surface area contributed by atoms with Crippen LogP contribution in [0.4, 0.5) is 0 Å². The Hall–Kier alpha value is -2.75. The van der Waals surface area contributed by atoms with Gasteiger partial charge in [0, 0.05) is 6.20 Å². The van der Waals surface area contributed by atoms with E-state index < -0.39 is 0 Å². The summed E-state index contributed by atoms with van der Waals surface area (Å²) in [6.45, 7) is 3.58. The van der Waals surface area contributed by atoms with E-state index in [0.29, 0.717) is 17.2 Å². The molecule has 0 aliphatic heterocycles. The Morgan fingerprint density at radius 3 is 2.84 bits per heavy atom. The lowest BCUT2D eigenvalue weighted by Gasteiger charge is -2.10. The molecule has 96 valence electrons. The van der Waals surface area contributed by atoms with E-state index in [1.165, 1.54) is 12.3 Å². The molecular weight excluding hydrogens is 244 g/mol. The van der Waals surface area contributed by atoms with Crippen molar-refractivity contribution in [3.63, 3.8) is 0 Å². The Balaban J connectivity index is 2.06. The molecule has 2 rings (SSSR count). The summed E-state index contributed by atoms with van der Waals surface area (Å²) in [6.07, 6.45) is 1.36. The topological polar surface area (TPSA) is 107 Å². The number of carbonyl (C=O) groups is 1. The molecule has 0 radical (unpaired) electrons. The summed E-state index contributed by atoms with van der Waals surface area (Å²) in [7, 11) is 0. The van der Waals surface area contributed by atoms with Gasteiger partial charge in [0.15, 0.2) is 5.82 Å². The second kappa shape index (κ2) is 5.27. The van der Waals surface area contributed by atoms with Crippen LogP contribution in [0.3, 0.4) is 0 Å². The molecule has 0 saturated heterocycles. The van der Waals surface area contributed by atoms with E-state index in [4.69, 9.17) is 5.26 Å². The van der Waals surface area contributed by atoms with E-state index in [0.717, 1.165) is 0 Å². The first kappa shape index (κ1) is 12.7. The number of hydrogen-bond acceptors (Lipinski definition) is 5. The van der Waals surface area contributed by atoms with Gasteiger partial charge in [0.1, 0.15) is 17.6 Å². The van der Waals surface area contributed by atoms with Crippen LogP contribution in [0, 0.1) is 18.3 Å². The number of hydrogen-bond donors (Lipinski definition) is 2. The van der Waals surface area contributed by atoms with E-state index >= 15 is 0 Å². The lowest BCUT2D eigenvalue weighted by atomic mass is 10.2. The summed E-state index contributed by atoms with van der Waals surface area (Å²) in [6, 6.07) is 4.63. The number of H-pyrrole nitrogens is 1. The Bertz CT molecular complexity index is 624. The van der Waals surface area contributed by atoms with Gasteiger partial charge in [0.05, 0.1) is 11.6 Å². The minimum atomic E-state index is -0.312. The molecule has 2 aromatic rings. The molecule has 2 N–H and O–H groups in total. The third-order valence-corrected chi connectivity index (χ3v) is 2.49. The van der Waals surface area contributed by atoms with Crippen LogP contribution in [-0.4, -0.2) is 26.1 Å². The number of nitrogens with one attached hydrogen (secondary N) is 2. The summed E-state index contributed by atoms with van der Waals surface area (Å²) in [4.78, 5) is 19.9. The van der Waals surface area contributed by atoms with Crippen LogP contribution in [0.5, 0.6) is 0 Å². The van der Waals surface area contributed by atoms with Crippen molar-refractivity contribution in [3.05, 3.63) is 41.2 Å². The van der Waals surface area contributed by atoms with Gasteiger partial charge >= 0.3 is 0 Å². The van der Waals surface area contributed by atoms with E-state index in [-0.39, 0.29) is 17.6 Å². The molecule has 0 spiro atoms. The van der Waals surface area contributed by atoms with Gasteiger partial charge in [0.25, 0.3) is 5.91 Å². The number of nitrogens with zero attached hydrogens (tertiary/aromatic N) is 4. The van der Waals surface area contributed by atoms with Crippen LogP contribution in [0.1, 0.15) is 40.7 Å². The highest BCUT2D eigenvalue weighted by atomic mass is 16.1. The average molecular weight is 256 g/mol. The first-order valence-electron chi connectivity index (χ1n) is 5.66. The fourth-order valence-corrected chi connectivity index (χ4v) is 1.49. The lowest BCUT2D eigenvalue weighted by Crippen LogP contribution is -2.27. The van der Waals surface area contributed by atoms with Gasteiger partial charge in [-0.1, -0.05) is 0 Å². The van der Waals surface area contributed by atoms with E-state index in [2.05, 4.69) is 25.5 Å². The highest BCUT2D eigenvalue weighted by Gasteiger charge is 2.15. The van der Waals surface area contributed by atoms with Gasteiger partial charge in [-0.25, -0.2) is 9.97 Å². The molecule has 0 saturated carbocycles. The monoisotopic (exact) mass is 256 g/mol. The molecule has 0 aliphatic rings. The maximum absolute atomic E-state index is 11.9. The number of aromatic amines is 1. The number of carbonyl (C=O) groups excluding carboxylic acids is 1. The van der Waals surface area contributed by atoms with Crippen molar-refractivity contribution in [2.75, 3.05) is 0 Å². The SMILES string of the molecule is Cc1nc([C@H](C)NC(=O)c2ccc(C#N)nc2)n[nH]1. The number of nitriles is 1. The predicted molar refractivity (Wildman–Crippen MR) is 66.0 cm³/mol. The number of amides is 1. The normalized spacial score (nSPS) is 11.6. The van der Waals surface area contributed by atoms with Crippen molar-refractivity contribution in [3.8, 4) is 6.07 Å². The molecule has 1 amide bonds. The number of aromatic nitrogens is 4. The van der Waals surface area contributed by atoms with Gasteiger partial charge in [-0.05, 0) is 26.0 Å². The lowest BCUT2D eigenvalue weighted by molar-refractivity contribution is 0.0938. The molecule has 0 fully saturated rings. The van der Waals surface area contributed by atoms with Crippen molar-refractivity contribution < 1.29 is 4.79 Å². The molecule has 7 nitrogen and oxygen atoms in total. The maximum Gasteiger partial charge on any atom is 0.253 e. The minimum absolute atomic E-state index is 0.272. The molecule has 19 heavy (non-hydrogen) atoms. The summed E-state index contributed by atoms with van der Waals surface area (Å²) < 4.78 is 0. The molecule has 0 bridgehead atoms. The number of pyridine rings is 1. The van der Waals surface area contributed by atoms with Crippen molar-refractivity contribution in [1.82, 2.24) is 25.5 Å². The molecule has 2 heterocycles. The second-order valence-corrected chi connectivity index (χ2v) is 4.02. The second-order valence-electron chi connectivity index (χ2n) is 4.02. The summed E-state index contributed by atoms with van der Waals surface area (Å²) in [5.74, 6) is 0.926. The summed E-state index contributed by atoms with van der Waals surface area (Å²) in [5, 5.41) is 18.1. The van der Waals surface area contributed by atoms with Gasteiger partial charge in [-0.2, -0.15) is 10.4 Å². The highest BCUT2D eigenvalue weighted by Crippen LogP contribution is 2.08. The number of aryl methyl sites for hydroxylation is 1. The molecular formula is C12H12N6O. The van der Waals surface area contributed by atoms with Crippen LogP contribution >= 0.6 is 0 Å². The Morgan fingerprint density at radius 1 is 1.53 bits per heavy atom. The van der Waals surface area contributed by atoms with Crippen molar-refractivity contribution in [2.45, 2.75) is 19.9 Å². The quantitative estimate of drug-likeness (QED) is 0.847. The zero-order chi connectivity index (χ0) is 13.8. The van der Waals surface area contributed by atoms with Crippen molar-refractivity contribution in [2.24, 2.45) is 0 Å².